The number of benzene rings is 1. The van der Waals surface area contributed by atoms with Crippen molar-refractivity contribution in [3.63, 3.8) is 0 Å². The third kappa shape index (κ3) is 2.33. The second kappa shape index (κ2) is 4.61. The number of halogens is 3. The summed E-state index contributed by atoms with van der Waals surface area (Å²) in [6.07, 6.45) is 0.893. The maximum absolute atomic E-state index is 13.6. The minimum atomic E-state index is -1.02. The van der Waals surface area contributed by atoms with E-state index >= 15 is 0 Å². The second-order valence-corrected chi connectivity index (χ2v) is 4.41. The highest BCUT2D eigenvalue weighted by atomic mass is 19.1. The Hall–Kier alpha value is -1.56. The summed E-state index contributed by atoms with van der Waals surface area (Å²) in [6, 6.07) is 1.26. The molecule has 1 aromatic rings. The van der Waals surface area contributed by atoms with Crippen LogP contribution < -0.4 is 10.6 Å². The van der Waals surface area contributed by atoms with E-state index in [2.05, 4.69) is 10.6 Å². The number of nitrogens with one attached hydrogen (secondary N) is 2. The van der Waals surface area contributed by atoms with Crippen molar-refractivity contribution in [1.82, 2.24) is 10.6 Å². The summed E-state index contributed by atoms with van der Waals surface area (Å²) in [5.41, 5.74) is -1.27. The zero-order valence-electron chi connectivity index (χ0n) is 9.82. The van der Waals surface area contributed by atoms with Crippen molar-refractivity contribution in [2.45, 2.75) is 18.4 Å². The van der Waals surface area contributed by atoms with Gasteiger partial charge in [0.25, 0.3) is 0 Å². The Morgan fingerprint density at radius 2 is 1.83 bits per heavy atom. The normalized spacial score (nSPS) is 16.4. The molecule has 1 aliphatic carbocycles. The summed E-state index contributed by atoms with van der Waals surface area (Å²) in [4.78, 5) is 11.5. The van der Waals surface area contributed by atoms with Crippen LogP contribution in [-0.2, 0) is 10.3 Å². The minimum absolute atomic E-state index is 0.0617. The van der Waals surface area contributed by atoms with Crippen LogP contribution in [0.1, 0.15) is 18.4 Å². The van der Waals surface area contributed by atoms with Crippen LogP contribution in [0, 0.1) is 17.5 Å². The van der Waals surface area contributed by atoms with Gasteiger partial charge in [-0.25, -0.2) is 13.2 Å². The Balaban J connectivity index is 2.28. The monoisotopic (exact) mass is 258 g/mol. The van der Waals surface area contributed by atoms with Gasteiger partial charge in [-0.15, -0.1) is 0 Å². The molecule has 0 spiro atoms. The van der Waals surface area contributed by atoms with Gasteiger partial charge in [-0.3, -0.25) is 4.79 Å². The molecule has 1 saturated carbocycles. The number of rotatable bonds is 4. The Bertz CT molecular complexity index is 463. The Morgan fingerprint density at radius 1 is 1.28 bits per heavy atom. The second-order valence-electron chi connectivity index (χ2n) is 4.41. The fourth-order valence-corrected chi connectivity index (χ4v) is 2.03. The molecule has 0 atom stereocenters. The van der Waals surface area contributed by atoms with Gasteiger partial charge >= 0.3 is 0 Å². The lowest BCUT2D eigenvalue weighted by Gasteiger charge is -2.19. The van der Waals surface area contributed by atoms with E-state index in [1.807, 2.05) is 0 Å². The molecule has 98 valence electrons. The molecule has 0 heterocycles. The Kier molecular flexibility index (Phi) is 3.30. The lowest BCUT2D eigenvalue weighted by molar-refractivity contribution is -0.121. The smallest absolute Gasteiger partial charge is 0.234 e. The van der Waals surface area contributed by atoms with Gasteiger partial charge in [-0.2, -0.15) is 0 Å². The fraction of sp³-hybridized carbons (Fsp3) is 0.417. The van der Waals surface area contributed by atoms with Crippen molar-refractivity contribution in [2.24, 2.45) is 0 Å². The first kappa shape index (κ1) is 12.9. The first-order chi connectivity index (χ1) is 8.48. The molecule has 1 aliphatic rings. The highest BCUT2D eigenvalue weighted by molar-refractivity contribution is 5.79. The third-order valence-electron chi connectivity index (χ3n) is 2.95. The Morgan fingerprint density at radius 3 is 2.28 bits per heavy atom. The topological polar surface area (TPSA) is 41.1 Å². The minimum Gasteiger partial charge on any atom is -0.345 e. The van der Waals surface area contributed by atoms with Gasteiger partial charge < -0.3 is 10.6 Å². The van der Waals surface area contributed by atoms with Crippen molar-refractivity contribution in [2.75, 3.05) is 13.6 Å². The van der Waals surface area contributed by atoms with Gasteiger partial charge in [0.05, 0.1) is 12.1 Å². The predicted octanol–water partition coefficient (Wildman–Crippen LogP) is 1.43. The number of carbonyl (C=O) groups excluding carboxylic acids is 1. The van der Waals surface area contributed by atoms with Crippen LogP contribution in [0.15, 0.2) is 12.1 Å². The molecule has 1 amide bonds. The largest absolute Gasteiger partial charge is 0.345 e. The van der Waals surface area contributed by atoms with Crippen LogP contribution in [0.5, 0.6) is 0 Å². The fourth-order valence-electron chi connectivity index (χ4n) is 2.03. The van der Waals surface area contributed by atoms with Crippen LogP contribution in [-0.4, -0.2) is 19.5 Å². The molecule has 0 bridgehead atoms. The molecular weight excluding hydrogens is 245 g/mol. The van der Waals surface area contributed by atoms with E-state index in [-0.39, 0.29) is 18.0 Å². The van der Waals surface area contributed by atoms with Gasteiger partial charge in [0.15, 0.2) is 0 Å². The van der Waals surface area contributed by atoms with Crippen molar-refractivity contribution in [3.8, 4) is 0 Å². The average molecular weight is 258 g/mol. The zero-order chi connectivity index (χ0) is 13.3. The van der Waals surface area contributed by atoms with E-state index in [0.717, 1.165) is 0 Å². The van der Waals surface area contributed by atoms with Gasteiger partial charge in [-0.05, 0) is 19.9 Å². The van der Waals surface area contributed by atoms with E-state index in [1.165, 1.54) is 0 Å². The average Bonchev–Trinajstić information content (AvgIpc) is 2.96. The molecule has 0 unspecified atom stereocenters. The summed E-state index contributed by atoms with van der Waals surface area (Å²) < 4.78 is 40.1. The van der Waals surface area contributed by atoms with E-state index in [0.29, 0.717) is 25.0 Å². The standard InChI is InChI=1S/C12H13F3N2O/c1-16-6-10(18)17-12(2-3-12)11-8(14)4-7(13)5-9(11)15/h4-5,16H,2-3,6H2,1H3,(H,17,18). The molecule has 2 rings (SSSR count). The maximum atomic E-state index is 13.6. The summed E-state index contributed by atoms with van der Waals surface area (Å²) >= 11 is 0. The maximum Gasteiger partial charge on any atom is 0.234 e. The van der Waals surface area contributed by atoms with E-state index in [9.17, 15) is 18.0 Å². The van der Waals surface area contributed by atoms with Crippen molar-refractivity contribution in [3.05, 3.63) is 35.1 Å². The van der Waals surface area contributed by atoms with Crippen molar-refractivity contribution in [1.29, 1.82) is 0 Å². The van der Waals surface area contributed by atoms with Crippen LogP contribution >= 0.6 is 0 Å². The summed E-state index contributed by atoms with van der Waals surface area (Å²) in [5, 5.41) is 5.23. The van der Waals surface area contributed by atoms with E-state index in [4.69, 9.17) is 0 Å². The zero-order valence-corrected chi connectivity index (χ0v) is 9.82. The Labute approximate surface area is 102 Å². The highest BCUT2D eigenvalue weighted by Crippen LogP contribution is 2.47. The molecule has 0 radical (unpaired) electrons. The third-order valence-corrected chi connectivity index (χ3v) is 2.95. The number of hydrogen-bond donors (Lipinski definition) is 2. The van der Waals surface area contributed by atoms with Crippen LogP contribution in [0.25, 0.3) is 0 Å². The lowest BCUT2D eigenvalue weighted by atomic mass is 10.0. The molecule has 0 aliphatic heterocycles. The predicted molar refractivity (Wildman–Crippen MR) is 59.3 cm³/mol. The van der Waals surface area contributed by atoms with Gasteiger partial charge in [0.1, 0.15) is 17.5 Å². The SMILES string of the molecule is CNCC(=O)NC1(c2c(F)cc(F)cc2F)CC1. The van der Waals surface area contributed by atoms with E-state index in [1.54, 1.807) is 7.05 Å². The number of carbonyl (C=O) groups is 1. The molecule has 1 aromatic carbocycles. The summed E-state index contributed by atoms with van der Waals surface area (Å²) in [5.74, 6) is -3.24. The molecule has 0 aromatic heterocycles. The van der Waals surface area contributed by atoms with Crippen LogP contribution in [0.4, 0.5) is 13.2 Å². The molecule has 1 fully saturated rings. The van der Waals surface area contributed by atoms with Gasteiger partial charge in [0, 0.05) is 17.7 Å². The molecule has 2 N–H and O–H groups in total. The number of hydrogen-bond acceptors (Lipinski definition) is 2. The summed E-state index contributed by atoms with van der Waals surface area (Å²) in [6.45, 7) is 0.0617. The van der Waals surface area contributed by atoms with Gasteiger partial charge in [-0.1, -0.05) is 0 Å². The number of likely N-dealkylation sites (N-methyl/N-ethyl adjacent to an activating group) is 1. The van der Waals surface area contributed by atoms with Crippen molar-refractivity contribution < 1.29 is 18.0 Å². The lowest BCUT2D eigenvalue weighted by Crippen LogP contribution is -2.40. The summed E-state index contributed by atoms with van der Waals surface area (Å²) in [7, 11) is 1.60. The van der Waals surface area contributed by atoms with E-state index < -0.39 is 23.0 Å². The molecule has 0 saturated heterocycles. The molecule has 6 heteroatoms. The van der Waals surface area contributed by atoms with Crippen LogP contribution in [0.3, 0.4) is 0 Å². The van der Waals surface area contributed by atoms with Crippen molar-refractivity contribution >= 4 is 5.91 Å². The highest BCUT2D eigenvalue weighted by Gasteiger charge is 2.49. The molecule has 18 heavy (non-hydrogen) atoms. The molecular formula is C12H13F3N2O. The van der Waals surface area contributed by atoms with Gasteiger partial charge in [0.2, 0.25) is 5.91 Å². The molecule has 3 nitrogen and oxygen atoms in total. The number of amides is 1. The first-order valence-electron chi connectivity index (χ1n) is 5.59. The van der Waals surface area contributed by atoms with Crippen LogP contribution in [0.2, 0.25) is 0 Å². The first-order valence-corrected chi connectivity index (χ1v) is 5.59. The quantitative estimate of drug-likeness (QED) is 0.857.